The van der Waals surface area contributed by atoms with Crippen molar-refractivity contribution in [2.24, 2.45) is 11.0 Å². The number of hydrazone groups is 1. The molecule has 3 amide bonds. The van der Waals surface area contributed by atoms with Gasteiger partial charge in [-0.25, -0.2) is 5.01 Å². The van der Waals surface area contributed by atoms with Gasteiger partial charge in [0.25, 0.3) is 5.91 Å². The zero-order valence-electron chi connectivity index (χ0n) is 35.7. The van der Waals surface area contributed by atoms with E-state index in [9.17, 15) is 14.7 Å². The van der Waals surface area contributed by atoms with Crippen molar-refractivity contribution >= 4 is 48.1 Å². The second kappa shape index (κ2) is 17.4. The standard InChI is InChI=1S/C48H60N4O6Si/c1-32(2)13-11-14-33(3)26-28-51-42-24-18-36(52-44(54)25-23-41(49-52)35-15-9-8-10-16-35)29-40(42)48(47(51)56)34(4)46(59(6,7)39-21-19-38(57-5)20-22-39)43(58-48)30-45(55)50-27-12-17-37(50)31-53/h8-10,13,15-16,18-22,24,26,29,34,37,43,46,53H,11-12,14,17,23,25,27-28,30-31H2,1-7H3/b33-26+/t34-,37-,43+,46-,48+/m0/s1. The van der Waals surface area contributed by atoms with Crippen molar-refractivity contribution in [3.63, 3.8) is 0 Å². The summed E-state index contributed by atoms with van der Waals surface area (Å²) in [4.78, 5) is 47.1. The molecule has 1 spiro atoms. The Morgan fingerprint density at radius 3 is 2.46 bits per heavy atom. The first kappa shape index (κ1) is 42.3. The molecule has 4 heterocycles. The van der Waals surface area contributed by atoms with Gasteiger partial charge in [0, 0.05) is 37.4 Å². The van der Waals surface area contributed by atoms with Crippen LogP contribution in [0.5, 0.6) is 5.75 Å². The summed E-state index contributed by atoms with van der Waals surface area (Å²) in [6.45, 7) is 13.9. The van der Waals surface area contributed by atoms with Crippen LogP contribution in [0, 0.1) is 5.92 Å². The van der Waals surface area contributed by atoms with E-state index >= 15 is 4.79 Å². The Balaban J connectivity index is 1.34. The van der Waals surface area contributed by atoms with Crippen LogP contribution in [0.2, 0.25) is 18.6 Å². The van der Waals surface area contributed by atoms with Gasteiger partial charge in [0.15, 0.2) is 5.60 Å². The second-order valence-electron chi connectivity index (χ2n) is 17.5. The number of carbonyl (C=O) groups is 3. The van der Waals surface area contributed by atoms with Gasteiger partial charge in [-0.1, -0.05) is 91.0 Å². The molecule has 2 saturated heterocycles. The highest BCUT2D eigenvalue weighted by Gasteiger charge is 2.66. The van der Waals surface area contributed by atoms with Crippen molar-refractivity contribution in [2.75, 3.05) is 36.7 Å². The molecule has 11 heteroatoms. The average Bonchev–Trinajstić information content (AvgIpc) is 3.90. The van der Waals surface area contributed by atoms with E-state index in [1.54, 1.807) is 12.0 Å². The summed E-state index contributed by atoms with van der Waals surface area (Å²) in [7, 11) is -0.891. The van der Waals surface area contributed by atoms with Crippen molar-refractivity contribution in [1.82, 2.24) is 4.90 Å². The molecule has 5 atom stereocenters. The van der Waals surface area contributed by atoms with Crippen LogP contribution in [0.4, 0.5) is 11.4 Å². The summed E-state index contributed by atoms with van der Waals surface area (Å²) in [6, 6.07) is 23.6. The summed E-state index contributed by atoms with van der Waals surface area (Å²) in [6.07, 6.45) is 8.14. The lowest BCUT2D eigenvalue weighted by Gasteiger charge is -2.37. The lowest BCUT2D eigenvalue weighted by Crippen LogP contribution is -2.52. The van der Waals surface area contributed by atoms with Gasteiger partial charge in [-0.2, -0.15) is 5.10 Å². The van der Waals surface area contributed by atoms with Crippen molar-refractivity contribution in [3.05, 3.63) is 107 Å². The topological polar surface area (TPSA) is 112 Å². The zero-order valence-corrected chi connectivity index (χ0v) is 36.7. The van der Waals surface area contributed by atoms with E-state index in [-0.39, 0.29) is 48.3 Å². The molecule has 0 aromatic heterocycles. The van der Waals surface area contributed by atoms with Crippen LogP contribution < -0.4 is 19.8 Å². The Kier molecular flexibility index (Phi) is 12.5. The first-order chi connectivity index (χ1) is 28.3. The highest BCUT2D eigenvalue weighted by Crippen LogP contribution is 2.60. The van der Waals surface area contributed by atoms with Crippen molar-refractivity contribution < 1.29 is 29.0 Å². The molecule has 4 aliphatic rings. The number of aliphatic hydroxyl groups is 1. The minimum Gasteiger partial charge on any atom is -0.497 e. The largest absolute Gasteiger partial charge is 0.497 e. The molecule has 0 aliphatic carbocycles. The summed E-state index contributed by atoms with van der Waals surface area (Å²) in [5, 5.41) is 17.7. The van der Waals surface area contributed by atoms with Crippen molar-refractivity contribution in [2.45, 2.75) is 109 Å². The van der Waals surface area contributed by atoms with Crippen LogP contribution >= 0.6 is 0 Å². The first-order valence-corrected chi connectivity index (χ1v) is 24.3. The lowest BCUT2D eigenvalue weighted by molar-refractivity contribution is -0.149. The molecular formula is C48H60N4O6Si. The molecule has 2 fully saturated rings. The Morgan fingerprint density at radius 2 is 1.76 bits per heavy atom. The molecule has 4 aliphatic heterocycles. The number of benzene rings is 3. The molecule has 59 heavy (non-hydrogen) atoms. The number of amides is 3. The minimum absolute atomic E-state index is 0.0618. The Labute approximate surface area is 350 Å². The number of fused-ring (bicyclic) bond motifs is 2. The number of hydrogen-bond acceptors (Lipinski definition) is 7. The smallest absolute Gasteiger partial charge is 0.264 e. The van der Waals surface area contributed by atoms with E-state index in [2.05, 4.69) is 65.1 Å². The van der Waals surface area contributed by atoms with Crippen molar-refractivity contribution in [3.8, 4) is 5.75 Å². The van der Waals surface area contributed by atoms with Gasteiger partial charge < -0.3 is 24.4 Å². The molecule has 312 valence electrons. The monoisotopic (exact) mass is 816 g/mol. The van der Waals surface area contributed by atoms with Gasteiger partial charge in [0.2, 0.25) is 11.8 Å². The highest BCUT2D eigenvalue weighted by atomic mass is 28.3. The van der Waals surface area contributed by atoms with E-state index < -0.39 is 19.8 Å². The lowest BCUT2D eigenvalue weighted by atomic mass is 9.82. The van der Waals surface area contributed by atoms with Crippen LogP contribution in [0.1, 0.15) is 83.8 Å². The highest BCUT2D eigenvalue weighted by molar-refractivity contribution is 6.91. The molecule has 0 bridgehead atoms. The number of nitrogens with zero attached hydrogens (tertiary/aromatic N) is 4. The number of rotatable bonds is 13. The SMILES string of the molecule is COc1ccc([Si](C)(C)[C@@H]2[C@@H](CC(=O)N3CCC[C@H]3CO)O[C@]3(C(=O)N(C/C=C(\C)CCC=C(C)C)c4ccc(N5N=C(c6ccccc6)CCC5=O)cc43)[C@H]2C)cc1. The molecule has 0 saturated carbocycles. The third kappa shape index (κ3) is 8.09. The number of likely N-dealkylation sites (tertiary alicyclic amines) is 1. The number of ether oxygens (including phenoxy) is 2. The normalized spacial score (nSPS) is 24.5. The molecule has 1 N–H and O–H groups in total. The summed E-state index contributed by atoms with van der Waals surface area (Å²) in [5.41, 5.74) is 4.69. The zero-order chi connectivity index (χ0) is 42.1. The fourth-order valence-corrected chi connectivity index (χ4v) is 14.0. The van der Waals surface area contributed by atoms with Gasteiger partial charge in [-0.15, -0.1) is 0 Å². The maximum atomic E-state index is 15.5. The number of carbonyl (C=O) groups excluding carboxylic acids is 3. The fraction of sp³-hybridized carbons (Fsp3) is 0.458. The maximum absolute atomic E-state index is 15.5. The molecule has 0 radical (unpaired) electrons. The fourth-order valence-electron chi connectivity index (χ4n) is 9.99. The predicted molar refractivity (Wildman–Crippen MR) is 237 cm³/mol. The Hall–Kier alpha value is -4.84. The second-order valence-corrected chi connectivity index (χ2v) is 22.2. The van der Waals surface area contributed by atoms with Crippen LogP contribution in [0.15, 0.2) is 101 Å². The maximum Gasteiger partial charge on any atom is 0.264 e. The van der Waals surface area contributed by atoms with E-state index in [1.165, 1.54) is 21.3 Å². The number of hydrogen-bond donors (Lipinski definition) is 1. The minimum atomic E-state index is -2.55. The predicted octanol–water partition coefficient (Wildman–Crippen LogP) is 7.86. The first-order valence-electron chi connectivity index (χ1n) is 21.2. The molecule has 10 nitrogen and oxygen atoms in total. The van der Waals surface area contributed by atoms with Crippen molar-refractivity contribution in [1.29, 1.82) is 0 Å². The van der Waals surface area contributed by atoms with Crippen LogP contribution in [-0.2, 0) is 24.7 Å². The van der Waals surface area contributed by atoms with E-state index in [4.69, 9.17) is 14.6 Å². The molecular weight excluding hydrogens is 757 g/mol. The third-order valence-corrected chi connectivity index (χ3v) is 17.6. The number of aliphatic hydroxyl groups excluding tert-OH is 1. The van der Waals surface area contributed by atoms with Crippen LogP contribution in [0.3, 0.4) is 0 Å². The molecule has 3 aromatic rings. The Bertz CT molecular complexity index is 2150. The quantitative estimate of drug-likeness (QED) is 0.139. The summed E-state index contributed by atoms with van der Waals surface area (Å²) in [5.74, 6) is 0.0878. The van der Waals surface area contributed by atoms with Gasteiger partial charge in [-0.3, -0.25) is 14.4 Å². The van der Waals surface area contributed by atoms with E-state index in [0.717, 1.165) is 48.4 Å². The van der Waals surface area contributed by atoms with Crippen LogP contribution in [0.25, 0.3) is 0 Å². The molecule has 3 aromatic carbocycles. The van der Waals surface area contributed by atoms with Gasteiger partial charge in [0.05, 0.1) is 57.4 Å². The van der Waals surface area contributed by atoms with Gasteiger partial charge in [-0.05, 0) is 87.9 Å². The Morgan fingerprint density at radius 1 is 1.02 bits per heavy atom. The number of anilines is 2. The average molecular weight is 817 g/mol. The van der Waals surface area contributed by atoms with Gasteiger partial charge in [0.1, 0.15) is 5.75 Å². The molecule has 0 unspecified atom stereocenters. The summed E-state index contributed by atoms with van der Waals surface area (Å²) < 4.78 is 12.9. The number of methoxy groups -OCH3 is 1. The van der Waals surface area contributed by atoms with E-state index in [0.29, 0.717) is 37.2 Å². The van der Waals surface area contributed by atoms with Gasteiger partial charge >= 0.3 is 0 Å². The third-order valence-electron chi connectivity index (χ3n) is 13.2. The molecule has 7 rings (SSSR count). The summed E-state index contributed by atoms with van der Waals surface area (Å²) >= 11 is 0. The van der Waals surface area contributed by atoms with Crippen LogP contribution in [-0.4, -0.2) is 80.5 Å². The number of allylic oxidation sites excluding steroid dienone is 3. The van der Waals surface area contributed by atoms with E-state index in [1.807, 2.05) is 65.6 Å².